The molecule has 5 heteroatoms. The molecule has 126 valence electrons. The van der Waals surface area contributed by atoms with Crippen molar-refractivity contribution in [3.63, 3.8) is 0 Å². The molecule has 0 aliphatic heterocycles. The molecule has 1 amide bonds. The van der Waals surface area contributed by atoms with Gasteiger partial charge in [-0.05, 0) is 48.9 Å². The number of hydrogen-bond acceptors (Lipinski definition) is 3. The van der Waals surface area contributed by atoms with Gasteiger partial charge in [-0.15, -0.1) is 0 Å². The van der Waals surface area contributed by atoms with Gasteiger partial charge >= 0.3 is 0 Å². The number of rotatable bonds is 5. The minimum Gasteiger partial charge on any atom is -0.381 e. The van der Waals surface area contributed by atoms with Gasteiger partial charge in [-0.3, -0.25) is 9.78 Å². The predicted octanol–water partition coefficient (Wildman–Crippen LogP) is 4.91. The maximum atomic E-state index is 12.3. The van der Waals surface area contributed by atoms with E-state index in [2.05, 4.69) is 40.7 Å². The zero-order chi connectivity index (χ0) is 17.6. The van der Waals surface area contributed by atoms with Crippen LogP contribution in [0.25, 0.3) is 0 Å². The second-order valence-electron chi connectivity index (χ2n) is 5.73. The molecular weight excluding hydrogens is 334 g/mol. The quantitative estimate of drug-likeness (QED) is 0.686. The summed E-state index contributed by atoms with van der Waals surface area (Å²) in [5, 5.41) is 6.75. The van der Waals surface area contributed by atoms with Crippen molar-refractivity contribution in [1.82, 2.24) is 4.98 Å². The summed E-state index contributed by atoms with van der Waals surface area (Å²) in [7, 11) is 0. The number of benzene rings is 2. The molecule has 0 spiro atoms. The number of anilines is 2. The van der Waals surface area contributed by atoms with Crippen LogP contribution in [0, 0.1) is 6.92 Å². The third kappa shape index (κ3) is 4.81. The molecule has 0 fully saturated rings. The Bertz CT molecular complexity index is 878. The van der Waals surface area contributed by atoms with Gasteiger partial charge in [0.25, 0.3) is 5.91 Å². The fraction of sp³-hybridized carbons (Fsp3) is 0.100. The number of carbonyl (C=O) groups excluding carboxylic acids is 1. The standard InChI is InChI=1S/C20H18ClN3O/c1-14-3-2-4-15(11-14)13-23-18-9-10-22-19(12-18)20(25)24-17-7-5-16(21)6-8-17/h2-12H,13H2,1H3,(H,22,23)(H,24,25). The molecule has 0 aliphatic rings. The van der Waals surface area contributed by atoms with Crippen LogP contribution in [0.1, 0.15) is 21.6 Å². The molecule has 0 saturated carbocycles. The van der Waals surface area contributed by atoms with E-state index in [-0.39, 0.29) is 5.91 Å². The largest absolute Gasteiger partial charge is 0.381 e. The zero-order valence-electron chi connectivity index (χ0n) is 13.8. The summed E-state index contributed by atoms with van der Waals surface area (Å²) in [6.45, 7) is 2.75. The van der Waals surface area contributed by atoms with Gasteiger partial charge in [0.2, 0.25) is 0 Å². The maximum absolute atomic E-state index is 12.3. The molecule has 1 heterocycles. The Hall–Kier alpha value is -2.85. The van der Waals surface area contributed by atoms with Gasteiger partial charge in [0.1, 0.15) is 5.69 Å². The van der Waals surface area contributed by atoms with Gasteiger partial charge in [-0.25, -0.2) is 0 Å². The summed E-state index contributed by atoms with van der Waals surface area (Å²) in [6.07, 6.45) is 1.62. The fourth-order valence-corrected chi connectivity index (χ4v) is 2.55. The van der Waals surface area contributed by atoms with E-state index in [1.165, 1.54) is 11.1 Å². The van der Waals surface area contributed by atoms with E-state index >= 15 is 0 Å². The summed E-state index contributed by atoms with van der Waals surface area (Å²) in [5.74, 6) is -0.262. The molecule has 1 aromatic heterocycles. The van der Waals surface area contributed by atoms with Crippen molar-refractivity contribution in [3.05, 3.63) is 88.7 Å². The molecule has 2 aromatic carbocycles. The average Bonchev–Trinajstić information content (AvgIpc) is 2.62. The van der Waals surface area contributed by atoms with E-state index in [1.54, 1.807) is 36.5 Å². The van der Waals surface area contributed by atoms with Crippen molar-refractivity contribution >= 4 is 28.9 Å². The van der Waals surface area contributed by atoms with Crippen LogP contribution >= 0.6 is 11.6 Å². The highest BCUT2D eigenvalue weighted by atomic mass is 35.5. The first-order valence-corrected chi connectivity index (χ1v) is 8.30. The van der Waals surface area contributed by atoms with Gasteiger partial charge in [0.15, 0.2) is 0 Å². The molecule has 4 nitrogen and oxygen atoms in total. The predicted molar refractivity (Wildman–Crippen MR) is 102 cm³/mol. The third-order valence-corrected chi connectivity index (χ3v) is 3.93. The number of aryl methyl sites for hydroxylation is 1. The molecule has 0 saturated heterocycles. The minimum atomic E-state index is -0.262. The van der Waals surface area contributed by atoms with Crippen LogP contribution in [0.5, 0.6) is 0 Å². The Balaban J connectivity index is 1.66. The first-order chi connectivity index (χ1) is 12.1. The van der Waals surface area contributed by atoms with Crippen molar-refractivity contribution in [2.24, 2.45) is 0 Å². The van der Waals surface area contributed by atoms with Gasteiger partial charge in [-0.2, -0.15) is 0 Å². The third-order valence-electron chi connectivity index (χ3n) is 3.67. The summed E-state index contributed by atoms with van der Waals surface area (Å²) in [4.78, 5) is 16.5. The van der Waals surface area contributed by atoms with E-state index in [9.17, 15) is 4.79 Å². The van der Waals surface area contributed by atoms with Gasteiger partial charge in [0.05, 0.1) is 0 Å². The number of pyridine rings is 1. The van der Waals surface area contributed by atoms with Crippen molar-refractivity contribution in [1.29, 1.82) is 0 Å². The van der Waals surface area contributed by atoms with Crippen LogP contribution in [0.3, 0.4) is 0 Å². The summed E-state index contributed by atoms with van der Waals surface area (Å²) in [6, 6.07) is 18.8. The average molecular weight is 352 g/mol. The lowest BCUT2D eigenvalue weighted by atomic mass is 10.1. The number of aromatic nitrogens is 1. The molecule has 0 atom stereocenters. The van der Waals surface area contributed by atoms with Crippen molar-refractivity contribution in [3.8, 4) is 0 Å². The number of amides is 1. The Morgan fingerprint density at radius 1 is 1.04 bits per heavy atom. The van der Waals surface area contributed by atoms with Gasteiger partial charge < -0.3 is 10.6 Å². The fourth-order valence-electron chi connectivity index (χ4n) is 2.42. The normalized spacial score (nSPS) is 10.3. The molecular formula is C20H18ClN3O. The van der Waals surface area contributed by atoms with E-state index in [0.717, 1.165) is 5.69 Å². The van der Waals surface area contributed by atoms with E-state index in [0.29, 0.717) is 22.9 Å². The SMILES string of the molecule is Cc1cccc(CNc2ccnc(C(=O)Nc3ccc(Cl)cc3)c2)c1. The smallest absolute Gasteiger partial charge is 0.274 e. The lowest BCUT2D eigenvalue weighted by molar-refractivity contribution is 0.102. The topological polar surface area (TPSA) is 54.0 Å². The van der Waals surface area contributed by atoms with E-state index in [1.807, 2.05) is 12.1 Å². The van der Waals surface area contributed by atoms with Crippen LogP contribution in [0.2, 0.25) is 5.02 Å². The van der Waals surface area contributed by atoms with E-state index < -0.39 is 0 Å². The second kappa shape index (κ2) is 7.81. The van der Waals surface area contributed by atoms with Crippen LogP contribution < -0.4 is 10.6 Å². The summed E-state index contributed by atoms with van der Waals surface area (Å²) in [5.41, 5.74) is 4.28. The Labute approximate surface area is 151 Å². The highest BCUT2D eigenvalue weighted by molar-refractivity contribution is 6.30. The number of hydrogen-bond donors (Lipinski definition) is 2. The van der Waals surface area contributed by atoms with Crippen molar-refractivity contribution in [2.75, 3.05) is 10.6 Å². The van der Waals surface area contributed by atoms with Crippen molar-refractivity contribution < 1.29 is 4.79 Å². The molecule has 25 heavy (non-hydrogen) atoms. The monoisotopic (exact) mass is 351 g/mol. The molecule has 0 aliphatic carbocycles. The zero-order valence-corrected chi connectivity index (χ0v) is 14.5. The number of halogens is 1. The van der Waals surface area contributed by atoms with Crippen LogP contribution in [0.15, 0.2) is 66.9 Å². The lowest BCUT2D eigenvalue weighted by Crippen LogP contribution is -2.14. The highest BCUT2D eigenvalue weighted by Gasteiger charge is 2.08. The Morgan fingerprint density at radius 2 is 1.84 bits per heavy atom. The van der Waals surface area contributed by atoms with Gasteiger partial charge in [-0.1, -0.05) is 41.4 Å². The molecule has 0 radical (unpaired) electrons. The molecule has 3 rings (SSSR count). The van der Waals surface area contributed by atoms with Crippen LogP contribution in [-0.2, 0) is 6.54 Å². The number of nitrogens with zero attached hydrogens (tertiary/aromatic N) is 1. The minimum absolute atomic E-state index is 0.262. The molecule has 0 bridgehead atoms. The lowest BCUT2D eigenvalue weighted by Gasteiger charge is -2.09. The molecule has 3 aromatic rings. The summed E-state index contributed by atoms with van der Waals surface area (Å²) >= 11 is 5.85. The highest BCUT2D eigenvalue weighted by Crippen LogP contribution is 2.16. The van der Waals surface area contributed by atoms with Gasteiger partial charge in [0, 0.05) is 29.1 Å². The van der Waals surface area contributed by atoms with Crippen molar-refractivity contribution in [2.45, 2.75) is 13.5 Å². The van der Waals surface area contributed by atoms with Crippen LogP contribution in [-0.4, -0.2) is 10.9 Å². The molecule has 2 N–H and O–H groups in total. The Morgan fingerprint density at radius 3 is 2.60 bits per heavy atom. The first-order valence-electron chi connectivity index (χ1n) is 7.92. The molecule has 0 unspecified atom stereocenters. The van der Waals surface area contributed by atoms with Crippen LogP contribution in [0.4, 0.5) is 11.4 Å². The maximum Gasteiger partial charge on any atom is 0.274 e. The first kappa shape index (κ1) is 17.0. The number of nitrogens with one attached hydrogen (secondary N) is 2. The number of carbonyl (C=O) groups is 1. The summed E-state index contributed by atoms with van der Waals surface area (Å²) < 4.78 is 0. The van der Waals surface area contributed by atoms with E-state index in [4.69, 9.17) is 11.6 Å². The second-order valence-corrected chi connectivity index (χ2v) is 6.17. The Kier molecular flexibility index (Phi) is 5.31.